The number of nitrogens with zero attached hydrogens (tertiary/aromatic N) is 1. The summed E-state index contributed by atoms with van der Waals surface area (Å²) in [5.74, 6) is 0. The first-order valence-electron chi connectivity index (χ1n) is 4.72. The predicted octanol–water partition coefficient (Wildman–Crippen LogP) is 3.40. The van der Waals surface area contributed by atoms with E-state index in [4.69, 9.17) is 5.26 Å². The Hall–Kier alpha value is -1.70. The normalized spacial score (nSPS) is 11.3. The second-order valence-electron chi connectivity index (χ2n) is 3.71. The van der Waals surface area contributed by atoms with Crippen LogP contribution in [0.2, 0.25) is 0 Å². The number of nitriles is 1. The molecule has 0 aliphatic rings. The number of rotatable bonds is 2. The van der Waals surface area contributed by atoms with Crippen LogP contribution in [0.5, 0.6) is 0 Å². The van der Waals surface area contributed by atoms with Gasteiger partial charge in [0.05, 0.1) is 17.2 Å². The molecule has 5 heteroatoms. The summed E-state index contributed by atoms with van der Waals surface area (Å²) in [5.41, 5.74) is -0.506. The van der Waals surface area contributed by atoms with Gasteiger partial charge in [-0.2, -0.15) is 18.4 Å². The van der Waals surface area contributed by atoms with Gasteiger partial charge in [0.1, 0.15) is 0 Å². The van der Waals surface area contributed by atoms with E-state index in [0.717, 1.165) is 12.1 Å². The van der Waals surface area contributed by atoms with Crippen molar-refractivity contribution in [3.05, 3.63) is 29.3 Å². The number of nitrogens with one attached hydrogen (secondary N) is 1. The zero-order valence-corrected chi connectivity index (χ0v) is 8.89. The lowest BCUT2D eigenvalue weighted by molar-refractivity contribution is -0.137. The highest BCUT2D eigenvalue weighted by Crippen LogP contribution is 2.31. The van der Waals surface area contributed by atoms with Gasteiger partial charge in [-0.05, 0) is 32.0 Å². The molecule has 1 rings (SSSR count). The average molecular weight is 228 g/mol. The van der Waals surface area contributed by atoms with Crippen LogP contribution in [-0.4, -0.2) is 6.04 Å². The summed E-state index contributed by atoms with van der Waals surface area (Å²) in [7, 11) is 0. The lowest BCUT2D eigenvalue weighted by Gasteiger charge is -2.13. The number of hydrogen-bond donors (Lipinski definition) is 1. The Morgan fingerprint density at radius 2 is 1.88 bits per heavy atom. The molecule has 0 spiro atoms. The summed E-state index contributed by atoms with van der Waals surface area (Å²) in [4.78, 5) is 0. The number of benzene rings is 1. The Morgan fingerprint density at radius 1 is 1.25 bits per heavy atom. The second-order valence-corrected chi connectivity index (χ2v) is 3.71. The Kier molecular flexibility index (Phi) is 3.43. The summed E-state index contributed by atoms with van der Waals surface area (Å²) >= 11 is 0. The zero-order chi connectivity index (χ0) is 12.3. The number of alkyl halides is 3. The third-order valence-electron chi connectivity index (χ3n) is 1.84. The van der Waals surface area contributed by atoms with Crippen molar-refractivity contribution < 1.29 is 13.2 Å². The Balaban J connectivity index is 3.17. The van der Waals surface area contributed by atoms with E-state index in [1.165, 1.54) is 6.07 Å². The van der Waals surface area contributed by atoms with Crippen LogP contribution in [-0.2, 0) is 6.18 Å². The van der Waals surface area contributed by atoms with E-state index >= 15 is 0 Å². The molecule has 1 aromatic rings. The molecule has 0 aromatic heterocycles. The smallest absolute Gasteiger partial charge is 0.383 e. The molecule has 0 saturated heterocycles. The highest BCUT2D eigenvalue weighted by molar-refractivity contribution is 5.53. The van der Waals surface area contributed by atoms with Gasteiger partial charge in [0.15, 0.2) is 0 Å². The molecule has 0 fully saturated rings. The second kappa shape index (κ2) is 4.44. The van der Waals surface area contributed by atoms with E-state index in [9.17, 15) is 13.2 Å². The maximum atomic E-state index is 12.5. The fraction of sp³-hybridized carbons (Fsp3) is 0.364. The molecule has 86 valence electrons. The first-order chi connectivity index (χ1) is 7.32. The first kappa shape index (κ1) is 12.4. The van der Waals surface area contributed by atoms with Crippen LogP contribution in [0.25, 0.3) is 0 Å². The molecule has 1 aromatic carbocycles. The Bertz CT molecular complexity index is 416. The van der Waals surface area contributed by atoms with Crippen molar-refractivity contribution >= 4 is 5.69 Å². The van der Waals surface area contributed by atoms with Crippen LogP contribution in [0, 0.1) is 11.3 Å². The Labute approximate surface area is 91.7 Å². The van der Waals surface area contributed by atoms with E-state index < -0.39 is 11.7 Å². The topological polar surface area (TPSA) is 35.8 Å². The van der Waals surface area contributed by atoms with Crippen molar-refractivity contribution in [1.82, 2.24) is 0 Å². The van der Waals surface area contributed by atoms with Crippen LogP contribution >= 0.6 is 0 Å². The quantitative estimate of drug-likeness (QED) is 0.842. The van der Waals surface area contributed by atoms with Crippen LogP contribution in [0.1, 0.15) is 25.0 Å². The number of halogens is 3. The fourth-order valence-electron chi connectivity index (χ4n) is 1.27. The molecule has 0 unspecified atom stereocenters. The number of anilines is 1. The molecule has 0 bridgehead atoms. The van der Waals surface area contributed by atoms with Crippen molar-refractivity contribution in [2.24, 2.45) is 0 Å². The van der Waals surface area contributed by atoms with Crippen molar-refractivity contribution in [3.8, 4) is 6.07 Å². The molecule has 0 amide bonds. The van der Waals surface area contributed by atoms with Gasteiger partial charge in [-0.15, -0.1) is 0 Å². The van der Waals surface area contributed by atoms with Gasteiger partial charge >= 0.3 is 6.18 Å². The van der Waals surface area contributed by atoms with Gasteiger partial charge in [0.25, 0.3) is 0 Å². The van der Waals surface area contributed by atoms with Crippen molar-refractivity contribution in [3.63, 3.8) is 0 Å². The summed E-state index contributed by atoms with van der Waals surface area (Å²) in [5, 5.41) is 11.5. The van der Waals surface area contributed by atoms with Crippen LogP contribution in [0.4, 0.5) is 18.9 Å². The largest absolute Gasteiger partial charge is 0.416 e. The maximum absolute atomic E-state index is 12.5. The number of hydrogen-bond acceptors (Lipinski definition) is 2. The van der Waals surface area contributed by atoms with Gasteiger partial charge in [-0.1, -0.05) is 0 Å². The lowest BCUT2D eigenvalue weighted by atomic mass is 10.1. The molecular weight excluding hydrogens is 217 g/mol. The third kappa shape index (κ3) is 3.16. The van der Waals surface area contributed by atoms with Crippen molar-refractivity contribution in [1.29, 1.82) is 5.26 Å². The maximum Gasteiger partial charge on any atom is 0.416 e. The molecule has 0 radical (unpaired) electrons. The minimum Gasteiger partial charge on any atom is -0.383 e. The fourth-order valence-corrected chi connectivity index (χ4v) is 1.27. The van der Waals surface area contributed by atoms with E-state index in [1.54, 1.807) is 6.07 Å². The van der Waals surface area contributed by atoms with Crippen molar-refractivity contribution in [2.45, 2.75) is 26.1 Å². The minimum absolute atomic E-state index is 0.00187. The summed E-state index contributed by atoms with van der Waals surface area (Å²) in [6, 6.07) is 4.96. The van der Waals surface area contributed by atoms with Gasteiger partial charge < -0.3 is 5.32 Å². The third-order valence-corrected chi connectivity index (χ3v) is 1.84. The monoisotopic (exact) mass is 228 g/mol. The first-order valence-corrected chi connectivity index (χ1v) is 4.72. The molecule has 0 aliphatic carbocycles. The molecule has 2 nitrogen and oxygen atoms in total. The van der Waals surface area contributed by atoms with E-state index in [0.29, 0.717) is 5.69 Å². The van der Waals surface area contributed by atoms with Crippen LogP contribution < -0.4 is 5.32 Å². The zero-order valence-electron chi connectivity index (χ0n) is 8.89. The molecule has 0 heterocycles. The highest BCUT2D eigenvalue weighted by atomic mass is 19.4. The molecule has 0 atom stereocenters. The highest BCUT2D eigenvalue weighted by Gasteiger charge is 2.31. The van der Waals surface area contributed by atoms with Crippen LogP contribution in [0.15, 0.2) is 18.2 Å². The SMILES string of the molecule is CC(C)Nc1cc(C#N)cc(C(F)(F)F)c1. The summed E-state index contributed by atoms with van der Waals surface area (Å²) < 4.78 is 37.5. The minimum atomic E-state index is -4.43. The van der Waals surface area contributed by atoms with Gasteiger partial charge in [-0.3, -0.25) is 0 Å². The van der Waals surface area contributed by atoms with Gasteiger partial charge in [0.2, 0.25) is 0 Å². The van der Waals surface area contributed by atoms with Crippen LogP contribution in [0.3, 0.4) is 0 Å². The predicted molar refractivity (Wildman–Crippen MR) is 54.9 cm³/mol. The van der Waals surface area contributed by atoms with E-state index in [-0.39, 0.29) is 11.6 Å². The molecular formula is C11H11F3N2. The molecule has 1 N–H and O–H groups in total. The van der Waals surface area contributed by atoms with Gasteiger partial charge in [-0.25, -0.2) is 0 Å². The molecule has 0 aliphatic heterocycles. The summed E-state index contributed by atoms with van der Waals surface area (Å²) in [6.45, 7) is 3.62. The van der Waals surface area contributed by atoms with Gasteiger partial charge in [0, 0.05) is 11.7 Å². The average Bonchev–Trinajstić information content (AvgIpc) is 2.14. The molecule has 0 saturated carbocycles. The molecule has 16 heavy (non-hydrogen) atoms. The van der Waals surface area contributed by atoms with E-state index in [1.807, 2.05) is 13.8 Å². The summed E-state index contributed by atoms with van der Waals surface area (Å²) in [6.07, 6.45) is -4.43. The van der Waals surface area contributed by atoms with E-state index in [2.05, 4.69) is 5.32 Å². The lowest BCUT2D eigenvalue weighted by Crippen LogP contribution is -2.12. The standard InChI is InChI=1S/C11H11F3N2/c1-7(2)16-10-4-8(6-15)3-9(5-10)11(12,13)14/h3-5,7,16H,1-2H3. The van der Waals surface area contributed by atoms with Crippen molar-refractivity contribution in [2.75, 3.05) is 5.32 Å². The Morgan fingerprint density at radius 3 is 2.31 bits per heavy atom.